The molecule has 0 aromatic heterocycles. The van der Waals surface area contributed by atoms with E-state index in [0.29, 0.717) is 32.7 Å². The first-order valence-electron chi connectivity index (χ1n) is 6.69. The number of ether oxygens (including phenoxy) is 1. The summed E-state index contributed by atoms with van der Waals surface area (Å²) in [4.78, 5) is 13.1. The van der Waals surface area contributed by atoms with Gasteiger partial charge in [-0.05, 0) is 26.3 Å². The van der Waals surface area contributed by atoms with E-state index in [2.05, 4.69) is 6.92 Å². The molecule has 0 radical (unpaired) electrons. The van der Waals surface area contributed by atoms with Crippen molar-refractivity contribution in [2.24, 2.45) is 5.41 Å². The fourth-order valence-corrected chi connectivity index (χ4v) is 2.20. The van der Waals surface area contributed by atoms with Gasteiger partial charge in [-0.1, -0.05) is 13.3 Å². The van der Waals surface area contributed by atoms with E-state index < -0.39 is 17.5 Å². The van der Waals surface area contributed by atoms with Crippen LogP contribution in [-0.4, -0.2) is 60.0 Å². The van der Waals surface area contributed by atoms with Crippen LogP contribution in [0.15, 0.2) is 0 Å². The van der Waals surface area contributed by atoms with Crippen LogP contribution in [-0.2, 0) is 9.53 Å². The van der Waals surface area contributed by atoms with Crippen LogP contribution in [0.25, 0.3) is 0 Å². The molecule has 0 amide bonds. The van der Waals surface area contributed by atoms with Gasteiger partial charge in [0.1, 0.15) is 0 Å². The van der Waals surface area contributed by atoms with Crippen molar-refractivity contribution in [1.29, 1.82) is 0 Å². The van der Waals surface area contributed by atoms with Gasteiger partial charge in [0.25, 0.3) is 0 Å². The Balaban J connectivity index is 2.22. The zero-order valence-corrected chi connectivity index (χ0v) is 11.4. The first-order chi connectivity index (χ1) is 8.48. The molecule has 106 valence electrons. The molecule has 2 N–H and O–H groups in total. The van der Waals surface area contributed by atoms with E-state index >= 15 is 0 Å². The molecule has 0 bridgehead atoms. The molecule has 1 aliphatic heterocycles. The molecule has 5 nitrogen and oxygen atoms in total. The summed E-state index contributed by atoms with van der Waals surface area (Å²) in [6, 6.07) is 0. The average Bonchev–Trinajstić information content (AvgIpc) is 2.68. The maximum Gasteiger partial charge on any atom is 0.310 e. The van der Waals surface area contributed by atoms with Gasteiger partial charge < -0.3 is 14.9 Å². The Morgan fingerprint density at radius 2 is 2.28 bits per heavy atom. The fourth-order valence-electron chi connectivity index (χ4n) is 2.20. The number of β-amino-alcohol motifs (C(OH)–C–C–N with tert-alkyl or cyclic N) is 1. The number of carboxylic acids is 1. The van der Waals surface area contributed by atoms with Gasteiger partial charge in [0.2, 0.25) is 0 Å². The third-order valence-electron chi connectivity index (χ3n) is 3.49. The van der Waals surface area contributed by atoms with Crippen LogP contribution in [0.5, 0.6) is 0 Å². The highest BCUT2D eigenvalue weighted by Gasteiger charge is 2.40. The van der Waals surface area contributed by atoms with Crippen LogP contribution in [0.4, 0.5) is 0 Å². The lowest BCUT2D eigenvalue weighted by atomic mass is 9.90. The van der Waals surface area contributed by atoms with E-state index in [-0.39, 0.29) is 0 Å². The van der Waals surface area contributed by atoms with Gasteiger partial charge in [-0.15, -0.1) is 0 Å². The summed E-state index contributed by atoms with van der Waals surface area (Å²) in [5.41, 5.74) is -0.664. The van der Waals surface area contributed by atoms with Crippen molar-refractivity contribution in [1.82, 2.24) is 4.90 Å². The van der Waals surface area contributed by atoms with Gasteiger partial charge in [0, 0.05) is 19.7 Å². The summed E-state index contributed by atoms with van der Waals surface area (Å²) >= 11 is 0. The SMILES string of the molecule is CCCCOCC(O)CN1CCC(C)(C(=O)O)C1. The van der Waals surface area contributed by atoms with Crippen molar-refractivity contribution < 1.29 is 19.7 Å². The molecule has 1 fully saturated rings. The molecule has 2 unspecified atom stereocenters. The summed E-state index contributed by atoms with van der Waals surface area (Å²) < 4.78 is 5.35. The number of nitrogens with zero attached hydrogens (tertiary/aromatic N) is 1. The molecule has 0 aliphatic carbocycles. The number of aliphatic hydroxyl groups excluding tert-OH is 1. The number of unbranched alkanes of at least 4 members (excludes halogenated alkanes) is 1. The maximum absolute atomic E-state index is 11.1. The Hall–Kier alpha value is -0.650. The molecule has 2 atom stereocenters. The monoisotopic (exact) mass is 259 g/mol. The largest absolute Gasteiger partial charge is 0.481 e. The van der Waals surface area contributed by atoms with Gasteiger partial charge in [-0.2, -0.15) is 0 Å². The summed E-state index contributed by atoms with van der Waals surface area (Å²) in [7, 11) is 0. The van der Waals surface area contributed by atoms with Crippen LogP contribution in [0.3, 0.4) is 0 Å². The second-order valence-electron chi connectivity index (χ2n) is 5.43. The number of carbonyl (C=O) groups is 1. The van der Waals surface area contributed by atoms with Crippen molar-refractivity contribution >= 4 is 5.97 Å². The first-order valence-corrected chi connectivity index (χ1v) is 6.69. The van der Waals surface area contributed by atoms with E-state index in [4.69, 9.17) is 9.84 Å². The normalized spacial score (nSPS) is 26.4. The van der Waals surface area contributed by atoms with Crippen LogP contribution in [0, 0.1) is 5.41 Å². The number of rotatable bonds is 8. The Morgan fingerprint density at radius 3 is 2.83 bits per heavy atom. The van der Waals surface area contributed by atoms with Gasteiger partial charge in [-0.25, -0.2) is 0 Å². The molecule has 1 rings (SSSR count). The zero-order valence-electron chi connectivity index (χ0n) is 11.4. The predicted molar refractivity (Wildman–Crippen MR) is 68.5 cm³/mol. The van der Waals surface area contributed by atoms with Gasteiger partial charge in [-0.3, -0.25) is 9.69 Å². The van der Waals surface area contributed by atoms with Gasteiger partial charge in [0.05, 0.1) is 18.1 Å². The Labute approximate surface area is 109 Å². The van der Waals surface area contributed by atoms with Crippen molar-refractivity contribution in [3.63, 3.8) is 0 Å². The molecule has 0 aromatic rings. The molecule has 18 heavy (non-hydrogen) atoms. The van der Waals surface area contributed by atoms with Gasteiger partial charge >= 0.3 is 5.97 Å². The number of aliphatic hydroxyl groups is 1. The molecule has 0 spiro atoms. The summed E-state index contributed by atoms with van der Waals surface area (Å²) in [5.74, 6) is -0.751. The molecule has 5 heteroatoms. The Kier molecular flexibility index (Phi) is 6.05. The topological polar surface area (TPSA) is 70.0 Å². The molecule has 1 saturated heterocycles. The van der Waals surface area contributed by atoms with Crippen LogP contribution >= 0.6 is 0 Å². The zero-order chi connectivity index (χ0) is 13.6. The third-order valence-corrected chi connectivity index (χ3v) is 3.49. The minimum Gasteiger partial charge on any atom is -0.481 e. The first kappa shape index (κ1) is 15.4. The molecular weight excluding hydrogens is 234 g/mol. The lowest BCUT2D eigenvalue weighted by Gasteiger charge is -2.22. The molecule has 1 aliphatic rings. The maximum atomic E-state index is 11.1. The highest BCUT2D eigenvalue weighted by molar-refractivity contribution is 5.74. The second-order valence-corrected chi connectivity index (χ2v) is 5.43. The van der Waals surface area contributed by atoms with Crippen molar-refractivity contribution in [2.75, 3.05) is 32.8 Å². The van der Waals surface area contributed by atoms with E-state index in [0.717, 1.165) is 19.4 Å². The van der Waals surface area contributed by atoms with Crippen LogP contribution in [0.2, 0.25) is 0 Å². The van der Waals surface area contributed by atoms with Crippen molar-refractivity contribution in [3.05, 3.63) is 0 Å². The smallest absolute Gasteiger partial charge is 0.310 e. The van der Waals surface area contributed by atoms with E-state index in [1.807, 2.05) is 4.90 Å². The molecule has 1 heterocycles. The van der Waals surface area contributed by atoms with E-state index in [1.165, 1.54) is 0 Å². The standard InChI is InChI=1S/C13H25NO4/c1-3-4-7-18-9-11(15)8-14-6-5-13(2,10-14)12(16)17/h11,15H,3-10H2,1-2H3,(H,16,17). The minimum absolute atomic E-state index is 0.334. The minimum atomic E-state index is -0.751. The lowest BCUT2D eigenvalue weighted by molar-refractivity contribution is -0.147. The average molecular weight is 259 g/mol. The van der Waals surface area contributed by atoms with Crippen molar-refractivity contribution in [2.45, 2.75) is 39.2 Å². The fraction of sp³-hybridized carbons (Fsp3) is 0.923. The third kappa shape index (κ3) is 4.55. The van der Waals surface area contributed by atoms with E-state index in [1.54, 1.807) is 6.92 Å². The molecule has 0 saturated carbocycles. The van der Waals surface area contributed by atoms with Crippen LogP contribution in [0.1, 0.15) is 33.1 Å². The summed E-state index contributed by atoms with van der Waals surface area (Å²) in [5, 5.41) is 18.9. The molecular formula is C13H25NO4. The number of likely N-dealkylation sites (tertiary alicyclic amines) is 1. The summed E-state index contributed by atoms with van der Waals surface area (Å²) in [6.45, 7) is 6.61. The Bertz CT molecular complexity index is 272. The second kappa shape index (κ2) is 7.07. The van der Waals surface area contributed by atoms with Crippen LogP contribution < -0.4 is 0 Å². The lowest BCUT2D eigenvalue weighted by Crippen LogP contribution is -2.37. The Morgan fingerprint density at radius 1 is 1.56 bits per heavy atom. The predicted octanol–water partition coefficient (Wildman–Crippen LogP) is 0.961. The molecule has 0 aromatic carbocycles. The highest BCUT2D eigenvalue weighted by atomic mass is 16.5. The summed E-state index contributed by atoms with van der Waals surface area (Å²) in [6.07, 6.45) is 2.20. The number of hydrogen-bond acceptors (Lipinski definition) is 4. The number of carboxylic acid groups (broad SMARTS) is 1. The van der Waals surface area contributed by atoms with Crippen molar-refractivity contribution in [3.8, 4) is 0 Å². The highest BCUT2D eigenvalue weighted by Crippen LogP contribution is 2.29. The number of hydrogen-bond donors (Lipinski definition) is 2. The quantitative estimate of drug-likeness (QED) is 0.635. The van der Waals surface area contributed by atoms with E-state index in [9.17, 15) is 9.90 Å². The number of aliphatic carboxylic acids is 1. The van der Waals surface area contributed by atoms with Gasteiger partial charge in [0.15, 0.2) is 0 Å².